The summed E-state index contributed by atoms with van der Waals surface area (Å²) in [5.74, 6) is -1.37. The molecule has 0 aliphatic heterocycles. The molecule has 1 rings (SSSR count). The number of hydrogen-bond donors (Lipinski definition) is 2. The van der Waals surface area contributed by atoms with Gasteiger partial charge in [-0.1, -0.05) is 0 Å². The van der Waals surface area contributed by atoms with Crippen LogP contribution in [0.4, 0.5) is 8.78 Å². The lowest BCUT2D eigenvalue weighted by Crippen LogP contribution is -2.25. The normalized spacial score (nSPS) is 15.3. The van der Waals surface area contributed by atoms with Crippen LogP contribution in [0.3, 0.4) is 0 Å². The number of benzene rings is 1. The van der Waals surface area contributed by atoms with Gasteiger partial charge in [-0.15, -0.1) is 0 Å². The first-order valence-electron chi connectivity index (χ1n) is 4.32. The minimum atomic E-state index is -1.04. The van der Waals surface area contributed by atoms with E-state index in [4.69, 9.17) is 5.73 Å². The summed E-state index contributed by atoms with van der Waals surface area (Å²) in [5.41, 5.74) is 5.88. The molecule has 2 atom stereocenters. The van der Waals surface area contributed by atoms with Crippen LogP contribution in [-0.4, -0.2) is 11.1 Å². The molecule has 4 heteroatoms. The second-order valence-electron chi connectivity index (χ2n) is 3.41. The highest BCUT2D eigenvalue weighted by molar-refractivity contribution is 5.30. The molecule has 0 aliphatic rings. The number of halogens is 2. The second kappa shape index (κ2) is 4.02. The third-order valence-electron chi connectivity index (χ3n) is 2.17. The van der Waals surface area contributed by atoms with Crippen LogP contribution < -0.4 is 5.73 Å². The highest BCUT2D eigenvalue weighted by atomic mass is 19.1. The summed E-state index contributed by atoms with van der Waals surface area (Å²) in [7, 11) is 0. The molecule has 1 aromatic carbocycles. The molecule has 0 amide bonds. The zero-order valence-electron chi connectivity index (χ0n) is 8.09. The van der Waals surface area contributed by atoms with E-state index in [1.165, 1.54) is 6.92 Å². The summed E-state index contributed by atoms with van der Waals surface area (Å²) >= 11 is 0. The van der Waals surface area contributed by atoms with E-state index >= 15 is 0 Å². The molecule has 0 spiro atoms. The molecule has 0 bridgehead atoms. The van der Waals surface area contributed by atoms with E-state index < -0.39 is 23.8 Å². The fourth-order valence-electron chi connectivity index (χ4n) is 1.26. The van der Waals surface area contributed by atoms with Crippen molar-refractivity contribution in [3.8, 4) is 0 Å². The standard InChI is InChI=1S/C10H13F2NO/c1-5-8(10(14)6(2)13)3-7(11)4-9(5)12/h3-4,6,10,14H,13H2,1-2H3. The van der Waals surface area contributed by atoms with E-state index in [0.717, 1.165) is 12.1 Å². The van der Waals surface area contributed by atoms with Crippen molar-refractivity contribution in [3.05, 3.63) is 34.9 Å². The molecule has 0 aliphatic carbocycles. The maximum absolute atomic E-state index is 13.1. The van der Waals surface area contributed by atoms with Crippen molar-refractivity contribution >= 4 is 0 Å². The minimum Gasteiger partial charge on any atom is -0.387 e. The molecule has 0 radical (unpaired) electrons. The van der Waals surface area contributed by atoms with Crippen molar-refractivity contribution in [1.82, 2.24) is 0 Å². The van der Waals surface area contributed by atoms with Crippen molar-refractivity contribution in [2.24, 2.45) is 5.73 Å². The molecule has 0 fully saturated rings. The largest absolute Gasteiger partial charge is 0.387 e. The van der Waals surface area contributed by atoms with Crippen molar-refractivity contribution in [3.63, 3.8) is 0 Å². The van der Waals surface area contributed by atoms with Gasteiger partial charge in [0.15, 0.2) is 0 Å². The van der Waals surface area contributed by atoms with Crippen LogP contribution >= 0.6 is 0 Å². The maximum atomic E-state index is 13.1. The van der Waals surface area contributed by atoms with Gasteiger partial charge in [-0.2, -0.15) is 0 Å². The zero-order chi connectivity index (χ0) is 10.9. The molecular weight excluding hydrogens is 188 g/mol. The Morgan fingerprint density at radius 2 is 1.93 bits per heavy atom. The summed E-state index contributed by atoms with van der Waals surface area (Å²) in [6.07, 6.45) is -1.04. The summed E-state index contributed by atoms with van der Waals surface area (Å²) in [5, 5.41) is 9.57. The lowest BCUT2D eigenvalue weighted by molar-refractivity contribution is 0.151. The van der Waals surface area contributed by atoms with Crippen LogP contribution in [0.1, 0.15) is 24.2 Å². The molecule has 0 saturated heterocycles. The van der Waals surface area contributed by atoms with Crippen LogP contribution in [0.2, 0.25) is 0 Å². The van der Waals surface area contributed by atoms with E-state index in [9.17, 15) is 13.9 Å². The van der Waals surface area contributed by atoms with Crippen LogP contribution in [-0.2, 0) is 0 Å². The quantitative estimate of drug-likeness (QED) is 0.764. The predicted octanol–water partition coefficient (Wildman–Crippen LogP) is 1.65. The van der Waals surface area contributed by atoms with Crippen molar-refractivity contribution in [2.75, 3.05) is 0 Å². The van der Waals surface area contributed by atoms with Gasteiger partial charge < -0.3 is 10.8 Å². The summed E-state index contributed by atoms with van der Waals surface area (Å²) in [4.78, 5) is 0. The molecule has 0 saturated carbocycles. The SMILES string of the molecule is Cc1c(F)cc(F)cc1C(O)C(C)N. The average Bonchev–Trinajstić information content (AvgIpc) is 2.09. The number of aliphatic hydroxyl groups is 1. The van der Waals surface area contributed by atoms with Crippen LogP contribution in [0.15, 0.2) is 12.1 Å². The van der Waals surface area contributed by atoms with Gasteiger partial charge in [0.2, 0.25) is 0 Å². The molecule has 2 nitrogen and oxygen atoms in total. The first-order valence-corrected chi connectivity index (χ1v) is 4.32. The van der Waals surface area contributed by atoms with Crippen molar-refractivity contribution in [2.45, 2.75) is 26.0 Å². The van der Waals surface area contributed by atoms with Gasteiger partial charge in [0.1, 0.15) is 11.6 Å². The monoisotopic (exact) mass is 201 g/mol. The molecule has 0 heterocycles. The van der Waals surface area contributed by atoms with Gasteiger partial charge in [0.25, 0.3) is 0 Å². The van der Waals surface area contributed by atoms with Crippen molar-refractivity contribution < 1.29 is 13.9 Å². The topological polar surface area (TPSA) is 46.2 Å². The van der Waals surface area contributed by atoms with Gasteiger partial charge in [-0.25, -0.2) is 8.78 Å². The summed E-state index contributed by atoms with van der Waals surface area (Å²) in [6, 6.07) is 1.33. The lowest BCUT2D eigenvalue weighted by Gasteiger charge is -2.17. The van der Waals surface area contributed by atoms with Gasteiger partial charge in [0.05, 0.1) is 6.10 Å². The Bertz CT molecular complexity index is 339. The lowest BCUT2D eigenvalue weighted by atomic mass is 9.99. The number of nitrogens with two attached hydrogens (primary N) is 1. The maximum Gasteiger partial charge on any atom is 0.129 e. The number of rotatable bonds is 2. The Morgan fingerprint density at radius 1 is 1.36 bits per heavy atom. The van der Waals surface area contributed by atoms with Crippen LogP contribution in [0, 0.1) is 18.6 Å². The third kappa shape index (κ3) is 2.08. The van der Waals surface area contributed by atoms with Gasteiger partial charge in [0, 0.05) is 12.1 Å². The fourth-order valence-corrected chi connectivity index (χ4v) is 1.26. The van der Waals surface area contributed by atoms with E-state index in [-0.39, 0.29) is 11.1 Å². The van der Waals surface area contributed by atoms with E-state index in [0.29, 0.717) is 0 Å². The number of hydrogen-bond acceptors (Lipinski definition) is 2. The molecule has 14 heavy (non-hydrogen) atoms. The van der Waals surface area contributed by atoms with Gasteiger partial charge >= 0.3 is 0 Å². The molecular formula is C10H13F2NO. The predicted molar refractivity (Wildman–Crippen MR) is 49.7 cm³/mol. The third-order valence-corrected chi connectivity index (χ3v) is 2.17. The van der Waals surface area contributed by atoms with Gasteiger partial charge in [-0.3, -0.25) is 0 Å². The molecule has 1 aromatic rings. The van der Waals surface area contributed by atoms with Crippen LogP contribution in [0.5, 0.6) is 0 Å². The Labute approximate surface area is 81.4 Å². The second-order valence-corrected chi connectivity index (χ2v) is 3.41. The van der Waals surface area contributed by atoms with Gasteiger partial charge in [-0.05, 0) is 31.0 Å². The zero-order valence-corrected chi connectivity index (χ0v) is 8.09. The summed E-state index contributed by atoms with van der Waals surface area (Å²) < 4.78 is 25.9. The minimum absolute atomic E-state index is 0.206. The Balaban J connectivity index is 3.20. The highest BCUT2D eigenvalue weighted by Gasteiger charge is 2.17. The Hall–Kier alpha value is -1.00. The smallest absolute Gasteiger partial charge is 0.129 e. The highest BCUT2D eigenvalue weighted by Crippen LogP contribution is 2.23. The van der Waals surface area contributed by atoms with Crippen LogP contribution in [0.25, 0.3) is 0 Å². The molecule has 3 N–H and O–H groups in total. The fraction of sp³-hybridized carbons (Fsp3) is 0.400. The van der Waals surface area contributed by atoms with E-state index in [1.807, 2.05) is 0 Å². The first-order chi connectivity index (χ1) is 6.43. The van der Waals surface area contributed by atoms with E-state index in [2.05, 4.69) is 0 Å². The molecule has 78 valence electrons. The number of aliphatic hydroxyl groups excluding tert-OH is 1. The first kappa shape index (κ1) is 11.1. The Kier molecular flexibility index (Phi) is 3.18. The molecule has 2 unspecified atom stereocenters. The Morgan fingerprint density at radius 3 is 2.43 bits per heavy atom. The summed E-state index contributed by atoms with van der Waals surface area (Å²) in [6.45, 7) is 3.06. The van der Waals surface area contributed by atoms with E-state index in [1.54, 1.807) is 6.92 Å². The van der Waals surface area contributed by atoms with Crippen molar-refractivity contribution in [1.29, 1.82) is 0 Å². The molecule has 0 aromatic heterocycles. The average molecular weight is 201 g/mol.